The maximum atomic E-state index is 12.1. The Bertz CT molecular complexity index is 348. The molecule has 0 aliphatic carbocycles. The van der Waals surface area contributed by atoms with Crippen molar-refractivity contribution >= 4 is 6.09 Å². The molecule has 5 nitrogen and oxygen atoms in total. The standard InChI is InChI=1S/C18H37N3O2/c1-14(2)16(20(6)7)13-19-12-15-8-10-21(11-9-15)17(22)23-18(3,4)5/h14-16,19H,8-13H2,1-7H3. The minimum atomic E-state index is -0.409. The van der Waals surface area contributed by atoms with Crippen molar-refractivity contribution in [2.75, 3.05) is 40.3 Å². The van der Waals surface area contributed by atoms with Crippen LogP contribution in [0.25, 0.3) is 0 Å². The van der Waals surface area contributed by atoms with Gasteiger partial charge < -0.3 is 19.9 Å². The zero-order valence-electron chi connectivity index (χ0n) is 16.2. The molecular weight excluding hydrogens is 290 g/mol. The van der Waals surface area contributed by atoms with Gasteiger partial charge in [-0.05, 0) is 66.1 Å². The summed E-state index contributed by atoms with van der Waals surface area (Å²) in [5.41, 5.74) is -0.409. The first-order chi connectivity index (χ1) is 10.6. The highest BCUT2D eigenvalue weighted by atomic mass is 16.6. The minimum Gasteiger partial charge on any atom is -0.444 e. The van der Waals surface area contributed by atoms with Crippen molar-refractivity contribution in [1.82, 2.24) is 15.1 Å². The summed E-state index contributed by atoms with van der Waals surface area (Å²) in [4.78, 5) is 16.2. The number of likely N-dealkylation sites (tertiary alicyclic amines) is 1. The van der Waals surface area contributed by atoms with Crippen LogP contribution < -0.4 is 5.32 Å². The number of carbonyl (C=O) groups is 1. The van der Waals surface area contributed by atoms with E-state index in [9.17, 15) is 4.79 Å². The average Bonchev–Trinajstić information content (AvgIpc) is 2.41. The average molecular weight is 328 g/mol. The van der Waals surface area contributed by atoms with Gasteiger partial charge in [-0.15, -0.1) is 0 Å². The molecule has 1 amide bonds. The Hall–Kier alpha value is -0.810. The number of hydrogen-bond donors (Lipinski definition) is 1. The first-order valence-corrected chi connectivity index (χ1v) is 8.95. The van der Waals surface area contributed by atoms with Crippen molar-refractivity contribution in [3.63, 3.8) is 0 Å². The van der Waals surface area contributed by atoms with Crippen LogP contribution in [0.4, 0.5) is 4.79 Å². The van der Waals surface area contributed by atoms with Gasteiger partial charge in [0.1, 0.15) is 5.60 Å². The lowest BCUT2D eigenvalue weighted by molar-refractivity contribution is 0.0183. The van der Waals surface area contributed by atoms with Gasteiger partial charge >= 0.3 is 6.09 Å². The van der Waals surface area contributed by atoms with Gasteiger partial charge in [0.15, 0.2) is 0 Å². The third-order valence-corrected chi connectivity index (χ3v) is 4.49. The summed E-state index contributed by atoms with van der Waals surface area (Å²) in [5, 5.41) is 3.62. The lowest BCUT2D eigenvalue weighted by atomic mass is 9.96. The molecule has 1 heterocycles. The van der Waals surface area contributed by atoms with Crippen LogP contribution in [0.15, 0.2) is 0 Å². The van der Waals surface area contributed by atoms with Gasteiger partial charge in [0, 0.05) is 25.7 Å². The van der Waals surface area contributed by atoms with E-state index in [0.717, 1.165) is 39.0 Å². The molecule has 0 aromatic carbocycles. The molecule has 0 aromatic heterocycles. The highest BCUT2D eigenvalue weighted by molar-refractivity contribution is 5.68. The van der Waals surface area contributed by atoms with E-state index in [-0.39, 0.29) is 6.09 Å². The fourth-order valence-electron chi connectivity index (χ4n) is 3.10. The van der Waals surface area contributed by atoms with Gasteiger partial charge in [0.05, 0.1) is 0 Å². The second-order valence-electron chi connectivity index (χ2n) is 8.34. The molecule has 0 bridgehead atoms. The fraction of sp³-hybridized carbons (Fsp3) is 0.944. The molecule has 1 aliphatic heterocycles. The van der Waals surface area contributed by atoms with Crippen molar-refractivity contribution < 1.29 is 9.53 Å². The molecule has 1 N–H and O–H groups in total. The zero-order chi connectivity index (χ0) is 17.6. The summed E-state index contributed by atoms with van der Waals surface area (Å²) in [7, 11) is 4.29. The third kappa shape index (κ3) is 7.53. The third-order valence-electron chi connectivity index (χ3n) is 4.49. The van der Waals surface area contributed by atoms with E-state index in [1.54, 1.807) is 0 Å². The quantitative estimate of drug-likeness (QED) is 0.815. The molecule has 1 atom stereocenters. The number of ether oxygens (including phenoxy) is 1. The molecule has 1 aliphatic rings. The number of nitrogens with one attached hydrogen (secondary N) is 1. The molecule has 0 saturated carbocycles. The van der Waals surface area contributed by atoms with Crippen LogP contribution >= 0.6 is 0 Å². The second kappa shape index (κ2) is 8.88. The van der Waals surface area contributed by atoms with Gasteiger partial charge in [0.25, 0.3) is 0 Å². The fourth-order valence-corrected chi connectivity index (χ4v) is 3.10. The van der Waals surface area contributed by atoms with Crippen molar-refractivity contribution in [2.24, 2.45) is 11.8 Å². The monoisotopic (exact) mass is 327 g/mol. The lowest BCUT2D eigenvalue weighted by Crippen LogP contribution is -2.45. The Morgan fingerprint density at radius 2 is 1.83 bits per heavy atom. The SMILES string of the molecule is CC(C)C(CNCC1CCN(C(=O)OC(C)(C)C)CC1)N(C)C. The molecule has 5 heteroatoms. The lowest BCUT2D eigenvalue weighted by Gasteiger charge is -2.34. The largest absolute Gasteiger partial charge is 0.444 e. The van der Waals surface area contributed by atoms with Crippen LogP contribution in [0.1, 0.15) is 47.5 Å². The van der Waals surface area contributed by atoms with E-state index in [1.807, 2.05) is 25.7 Å². The summed E-state index contributed by atoms with van der Waals surface area (Å²) in [6.07, 6.45) is 1.94. The van der Waals surface area contributed by atoms with E-state index in [1.165, 1.54) is 0 Å². The van der Waals surface area contributed by atoms with Crippen LogP contribution in [0.2, 0.25) is 0 Å². The van der Waals surface area contributed by atoms with Gasteiger partial charge in [0.2, 0.25) is 0 Å². The maximum absolute atomic E-state index is 12.1. The number of hydrogen-bond acceptors (Lipinski definition) is 4. The minimum absolute atomic E-state index is 0.170. The molecule has 23 heavy (non-hydrogen) atoms. The Balaban J connectivity index is 2.28. The van der Waals surface area contributed by atoms with Crippen LogP contribution in [0.5, 0.6) is 0 Å². The summed E-state index contributed by atoms with van der Waals surface area (Å²) in [6.45, 7) is 14.0. The number of piperidine rings is 1. The zero-order valence-corrected chi connectivity index (χ0v) is 16.2. The van der Waals surface area contributed by atoms with Crippen LogP contribution in [-0.4, -0.2) is 67.8 Å². The smallest absolute Gasteiger partial charge is 0.410 e. The second-order valence-corrected chi connectivity index (χ2v) is 8.34. The predicted octanol–water partition coefficient (Wildman–Crippen LogP) is 2.81. The van der Waals surface area contributed by atoms with Crippen LogP contribution in [0, 0.1) is 11.8 Å². The number of likely N-dealkylation sites (N-methyl/N-ethyl adjacent to an activating group) is 1. The molecular formula is C18H37N3O2. The van der Waals surface area contributed by atoms with E-state index in [4.69, 9.17) is 4.74 Å². The number of amides is 1. The molecule has 0 aromatic rings. The van der Waals surface area contributed by atoms with E-state index >= 15 is 0 Å². The van der Waals surface area contributed by atoms with Crippen LogP contribution in [0.3, 0.4) is 0 Å². The molecule has 0 radical (unpaired) electrons. The summed E-state index contributed by atoms with van der Waals surface area (Å²) >= 11 is 0. The first-order valence-electron chi connectivity index (χ1n) is 8.95. The van der Waals surface area contributed by atoms with Crippen LogP contribution in [-0.2, 0) is 4.74 Å². The highest BCUT2D eigenvalue weighted by Crippen LogP contribution is 2.19. The van der Waals surface area contributed by atoms with Gasteiger partial charge in [-0.1, -0.05) is 13.8 Å². The van der Waals surface area contributed by atoms with E-state index in [2.05, 4.69) is 38.2 Å². The Morgan fingerprint density at radius 1 is 1.26 bits per heavy atom. The summed E-state index contributed by atoms with van der Waals surface area (Å²) in [5.74, 6) is 1.30. The number of nitrogens with zero attached hydrogens (tertiary/aromatic N) is 2. The Morgan fingerprint density at radius 3 is 2.26 bits per heavy atom. The molecule has 1 fully saturated rings. The van der Waals surface area contributed by atoms with Crippen molar-refractivity contribution in [3.8, 4) is 0 Å². The Kier molecular flexibility index (Phi) is 7.81. The van der Waals surface area contributed by atoms with Crippen molar-refractivity contribution in [1.29, 1.82) is 0 Å². The van der Waals surface area contributed by atoms with E-state index < -0.39 is 5.60 Å². The number of carbonyl (C=O) groups excluding carboxylic acids is 1. The van der Waals surface area contributed by atoms with Gasteiger partial charge in [-0.25, -0.2) is 4.79 Å². The maximum Gasteiger partial charge on any atom is 0.410 e. The topological polar surface area (TPSA) is 44.8 Å². The summed E-state index contributed by atoms with van der Waals surface area (Å²) in [6, 6.07) is 0.567. The molecule has 136 valence electrons. The highest BCUT2D eigenvalue weighted by Gasteiger charge is 2.26. The first kappa shape index (κ1) is 20.2. The predicted molar refractivity (Wildman–Crippen MR) is 95.7 cm³/mol. The molecule has 1 saturated heterocycles. The molecule has 0 spiro atoms. The van der Waals surface area contributed by atoms with Gasteiger partial charge in [-0.2, -0.15) is 0 Å². The van der Waals surface area contributed by atoms with Crippen molar-refractivity contribution in [2.45, 2.75) is 59.1 Å². The Labute approximate surface area is 142 Å². The normalized spacial score (nSPS) is 18.6. The molecule has 1 unspecified atom stereocenters. The van der Waals surface area contributed by atoms with Crippen molar-refractivity contribution in [3.05, 3.63) is 0 Å². The number of rotatable bonds is 6. The summed E-state index contributed by atoms with van der Waals surface area (Å²) < 4.78 is 5.44. The van der Waals surface area contributed by atoms with E-state index in [0.29, 0.717) is 17.9 Å². The van der Waals surface area contributed by atoms with Gasteiger partial charge in [-0.3, -0.25) is 0 Å². The molecule has 1 rings (SSSR count).